The zero-order chi connectivity index (χ0) is 17.8. The highest BCUT2D eigenvalue weighted by atomic mass is 32.2. The second-order valence-electron chi connectivity index (χ2n) is 5.73. The molecule has 126 valence electrons. The number of nitrogens with zero attached hydrogens (tertiary/aromatic N) is 2. The number of amidine groups is 1. The van der Waals surface area contributed by atoms with Gasteiger partial charge in [0.25, 0.3) is 5.91 Å². The Balaban J connectivity index is 1.77. The highest BCUT2D eigenvalue weighted by molar-refractivity contribution is 8.19. The maximum absolute atomic E-state index is 13.1. The first-order valence-electron chi connectivity index (χ1n) is 8.29. The van der Waals surface area contributed by atoms with Crippen LogP contribution in [-0.2, 0) is 4.79 Å². The van der Waals surface area contributed by atoms with Crippen LogP contribution in [0.25, 0.3) is 6.08 Å². The summed E-state index contributed by atoms with van der Waals surface area (Å²) in [6, 6.07) is 29.2. The summed E-state index contributed by atoms with van der Waals surface area (Å²) in [5.74, 6) is -0.0558. The normalized spacial score (nSPS) is 17.2. The van der Waals surface area contributed by atoms with E-state index in [2.05, 4.69) is 0 Å². The van der Waals surface area contributed by atoms with Gasteiger partial charge in [0.15, 0.2) is 5.17 Å². The van der Waals surface area contributed by atoms with Crippen LogP contribution in [0.1, 0.15) is 5.56 Å². The summed E-state index contributed by atoms with van der Waals surface area (Å²) in [6.07, 6.45) is 1.91. The monoisotopic (exact) mass is 356 g/mol. The molecule has 26 heavy (non-hydrogen) atoms. The molecule has 3 nitrogen and oxygen atoms in total. The first kappa shape index (κ1) is 16.4. The Morgan fingerprint density at radius 2 is 1.35 bits per heavy atom. The average Bonchev–Trinajstić information content (AvgIpc) is 2.99. The van der Waals surface area contributed by atoms with Gasteiger partial charge >= 0.3 is 0 Å². The Morgan fingerprint density at radius 1 is 0.769 bits per heavy atom. The molecule has 0 atom stereocenters. The van der Waals surface area contributed by atoms with Crippen molar-refractivity contribution in [1.82, 2.24) is 0 Å². The zero-order valence-electron chi connectivity index (χ0n) is 13.9. The summed E-state index contributed by atoms with van der Waals surface area (Å²) >= 11 is 1.40. The van der Waals surface area contributed by atoms with E-state index in [0.717, 1.165) is 16.9 Å². The predicted octanol–water partition coefficient (Wildman–Crippen LogP) is 5.50. The van der Waals surface area contributed by atoms with Crippen LogP contribution in [0.5, 0.6) is 0 Å². The Kier molecular flexibility index (Phi) is 4.67. The summed E-state index contributed by atoms with van der Waals surface area (Å²) in [6.45, 7) is 0. The number of amides is 1. The molecule has 0 unspecified atom stereocenters. The molecule has 0 N–H and O–H groups in total. The van der Waals surface area contributed by atoms with Gasteiger partial charge in [0.05, 0.1) is 16.3 Å². The van der Waals surface area contributed by atoms with Gasteiger partial charge in [0.1, 0.15) is 0 Å². The molecule has 0 radical (unpaired) electrons. The number of rotatable bonds is 3. The second-order valence-corrected chi connectivity index (χ2v) is 6.74. The molecule has 1 amide bonds. The Labute approximate surface area is 156 Å². The summed E-state index contributed by atoms with van der Waals surface area (Å²) in [5, 5.41) is 0.662. The van der Waals surface area contributed by atoms with Gasteiger partial charge in [-0.05, 0) is 47.7 Å². The lowest BCUT2D eigenvalue weighted by atomic mass is 10.2. The van der Waals surface area contributed by atoms with Crippen LogP contribution < -0.4 is 4.90 Å². The fraction of sp³-hybridized carbons (Fsp3) is 0. The molecule has 1 aliphatic heterocycles. The van der Waals surface area contributed by atoms with E-state index in [1.807, 2.05) is 97.1 Å². The third kappa shape index (κ3) is 3.46. The number of hydrogen-bond acceptors (Lipinski definition) is 3. The Bertz CT molecular complexity index is 967. The van der Waals surface area contributed by atoms with Crippen LogP contribution in [0.2, 0.25) is 0 Å². The van der Waals surface area contributed by atoms with Crippen LogP contribution >= 0.6 is 11.8 Å². The van der Waals surface area contributed by atoms with Crippen molar-refractivity contribution in [3.8, 4) is 0 Å². The van der Waals surface area contributed by atoms with Gasteiger partial charge in [0.2, 0.25) is 0 Å². The van der Waals surface area contributed by atoms with Crippen LogP contribution in [-0.4, -0.2) is 11.1 Å². The lowest BCUT2D eigenvalue weighted by molar-refractivity contribution is -0.113. The number of para-hydroxylation sites is 2. The van der Waals surface area contributed by atoms with E-state index in [-0.39, 0.29) is 5.91 Å². The molecule has 4 rings (SSSR count). The Hall–Kier alpha value is -3.11. The zero-order valence-corrected chi connectivity index (χ0v) is 14.8. The van der Waals surface area contributed by atoms with Crippen LogP contribution in [0.3, 0.4) is 0 Å². The van der Waals surface area contributed by atoms with Crippen LogP contribution in [0, 0.1) is 0 Å². The molecular weight excluding hydrogens is 340 g/mol. The summed E-state index contributed by atoms with van der Waals surface area (Å²) in [5.41, 5.74) is 2.64. The molecule has 0 bridgehead atoms. The molecule has 4 heteroatoms. The van der Waals surface area contributed by atoms with Crippen molar-refractivity contribution < 1.29 is 4.79 Å². The third-order valence-corrected chi connectivity index (χ3v) is 4.87. The predicted molar refractivity (Wildman–Crippen MR) is 109 cm³/mol. The maximum atomic E-state index is 13.1. The fourth-order valence-corrected chi connectivity index (χ4v) is 3.67. The van der Waals surface area contributed by atoms with Gasteiger partial charge in [-0.1, -0.05) is 66.7 Å². The Morgan fingerprint density at radius 3 is 2.00 bits per heavy atom. The summed E-state index contributed by atoms with van der Waals surface area (Å²) in [4.78, 5) is 20.1. The molecule has 3 aromatic carbocycles. The molecule has 0 spiro atoms. The minimum atomic E-state index is -0.0558. The van der Waals surface area contributed by atoms with Gasteiger partial charge < -0.3 is 0 Å². The topological polar surface area (TPSA) is 32.7 Å². The second kappa shape index (κ2) is 7.42. The molecule has 0 aliphatic carbocycles. The number of carbonyl (C=O) groups excluding carboxylic acids is 1. The van der Waals surface area contributed by atoms with E-state index in [9.17, 15) is 4.79 Å². The maximum Gasteiger partial charge on any atom is 0.271 e. The van der Waals surface area contributed by atoms with Gasteiger partial charge in [-0.25, -0.2) is 4.99 Å². The number of anilines is 1. The van der Waals surface area contributed by atoms with Crippen molar-refractivity contribution in [2.75, 3.05) is 4.90 Å². The van der Waals surface area contributed by atoms with Gasteiger partial charge in [-0.3, -0.25) is 9.69 Å². The van der Waals surface area contributed by atoms with E-state index in [4.69, 9.17) is 4.99 Å². The minimum absolute atomic E-state index is 0.0558. The molecule has 3 aromatic rings. The SMILES string of the molecule is O=C1/C(=C/c2ccccc2)S/C(=N\c2ccccc2)N1c1ccccc1. The smallest absolute Gasteiger partial charge is 0.268 e. The lowest BCUT2D eigenvalue weighted by Gasteiger charge is -2.15. The fourth-order valence-electron chi connectivity index (χ4n) is 2.67. The number of thioether (sulfide) groups is 1. The van der Waals surface area contributed by atoms with E-state index in [1.54, 1.807) is 4.90 Å². The van der Waals surface area contributed by atoms with E-state index in [1.165, 1.54) is 11.8 Å². The third-order valence-electron chi connectivity index (χ3n) is 3.90. The first-order chi connectivity index (χ1) is 12.8. The van der Waals surface area contributed by atoms with E-state index < -0.39 is 0 Å². The minimum Gasteiger partial charge on any atom is -0.268 e. The molecule has 1 heterocycles. The van der Waals surface area contributed by atoms with Crippen LogP contribution in [0.15, 0.2) is 101 Å². The van der Waals surface area contributed by atoms with Crippen molar-refractivity contribution in [2.45, 2.75) is 0 Å². The van der Waals surface area contributed by atoms with Crippen molar-refractivity contribution in [3.05, 3.63) is 101 Å². The number of benzene rings is 3. The van der Waals surface area contributed by atoms with E-state index >= 15 is 0 Å². The molecule has 0 aromatic heterocycles. The summed E-state index contributed by atoms with van der Waals surface area (Å²) < 4.78 is 0. The largest absolute Gasteiger partial charge is 0.271 e. The average molecular weight is 356 g/mol. The molecule has 1 saturated heterocycles. The van der Waals surface area contributed by atoms with Gasteiger partial charge in [-0.15, -0.1) is 0 Å². The molecule has 1 fully saturated rings. The highest BCUT2D eigenvalue weighted by Gasteiger charge is 2.34. The lowest BCUT2D eigenvalue weighted by Crippen LogP contribution is -2.28. The molecular formula is C22H16N2OS. The molecule has 1 aliphatic rings. The highest BCUT2D eigenvalue weighted by Crippen LogP contribution is 2.37. The van der Waals surface area contributed by atoms with Gasteiger partial charge in [0, 0.05) is 0 Å². The van der Waals surface area contributed by atoms with Crippen molar-refractivity contribution in [3.63, 3.8) is 0 Å². The number of hydrogen-bond donors (Lipinski definition) is 0. The van der Waals surface area contributed by atoms with Crippen molar-refractivity contribution >= 4 is 40.3 Å². The van der Waals surface area contributed by atoms with Crippen LogP contribution in [0.4, 0.5) is 11.4 Å². The summed E-state index contributed by atoms with van der Waals surface area (Å²) in [7, 11) is 0. The number of carbonyl (C=O) groups is 1. The standard InChI is InChI=1S/C22H16N2OS/c25-21-20(16-17-10-4-1-5-11-17)26-22(23-18-12-6-2-7-13-18)24(21)19-14-8-3-9-15-19/h1-16H/b20-16-,23-22-. The van der Waals surface area contributed by atoms with E-state index in [0.29, 0.717) is 10.1 Å². The van der Waals surface area contributed by atoms with Crippen molar-refractivity contribution in [1.29, 1.82) is 0 Å². The molecule has 0 saturated carbocycles. The number of aliphatic imine (C=N–C) groups is 1. The van der Waals surface area contributed by atoms with Gasteiger partial charge in [-0.2, -0.15) is 0 Å². The van der Waals surface area contributed by atoms with Crippen molar-refractivity contribution in [2.24, 2.45) is 4.99 Å². The first-order valence-corrected chi connectivity index (χ1v) is 9.11. The quantitative estimate of drug-likeness (QED) is 0.581.